The molecule has 1 N–H and O–H groups in total. The third kappa shape index (κ3) is 3.46. The Kier molecular flexibility index (Phi) is 5.16. The lowest BCUT2D eigenvalue weighted by atomic mass is 10.1. The minimum Gasteiger partial charge on any atom is -0.490 e. The highest BCUT2D eigenvalue weighted by Gasteiger charge is 2.19. The number of rotatable bonds is 5. The molecule has 0 unspecified atom stereocenters. The van der Waals surface area contributed by atoms with Crippen molar-refractivity contribution in [2.24, 2.45) is 0 Å². The van der Waals surface area contributed by atoms with E-state index in [4.69, 9.17) is 14.5 Å². The molecule has 0 atom stereocenters. The Morgan fingerprint density at radius 3 is 2.67 bits per heavy atom. The summed E-state index contributed by atoms with van der Waals surface area (Å²) in [6, 6.07) is 5.67. The number of hydrogen-bond donors (Lipinski definition) is 1. The van der Waals surface area contributed by atoms with Crippen LogP contribution in [0.25, 0.3) is 21.6 Å². The second-order valence-electron chi connectivity index (χ2n) is 6.69. The Morgan fingerprint density at radius 1 is 1.07 bits per heavy atom. The lowest BCUT2D eigenvalue weighted by Gasteiger charge is -2.12. The van der Waals surface area contributed by atoms with Crippen LogP contribution in [0.1, 0.15) is 43.6 Å². The van der Waals surface area contributed by atoms with Gasteiger partial charge in [-0.15, -0.1) is 11.3 Å². The van der Waals surface area contributed by atoms with Crippen LogP contribution in [-0.2, 0) is 12.8 Å². The molecule has 2 aromatic heterocycles. The van der Waals surface area contributed by atoms with Crippen LogP contribution in [0.5, 0.6) is 11.5 Å². The van der Waals surface area contributed by atoms with E-state index in [1.165, 1.54) is 23.3 Å². The van der Waals surface area contributed by atoms with Crippen molar-refractivity contribution in [3.8, 4) is 22.9 Å². The van der Waals surface area contributed by atoms with Crippen LogP contribution in [0.4, 0.5) is 0 Å². The summed E-state index contributed by atoms with van der Waals surface area (Å²) in [5.74, 6) is 1.95. The third-order valence-electron chi connectivity index (χ3n) is 4.89. The molecule has 142 valence electrons. The van der Waals surface area contributed by atoms with Crippen molar-refractivity contribution in [2.45, 2.75) is 46.0 Å². The van der Waals surface area contributed by atoms with Crippen LogP contribution < -0.4 is 15.0 Å². The standard InChI is InChI=1S/C21H24N2O3S/c1-3-25-15-11-10-13(12-16(15)26-4-2)19-22-20(24)18-14-8-6-5-7-9-17(14)27-21(18)23-19/h10-12H,3-9H2,1-2H3,(H,22,23,24). The Hall–Kier alpha value is -2.34. The number of ether oxygens (including phenoxy) is 2. The summed E-state index contributed by atoms with van der Waals surface area (Å²) >= 11 is 1.67. The number of aryl methyl sites for hydroxylation is 2. The summed E-state index contributed by atoms with van der Waals surface area (Å²) in [5.41, 5.74) is 2.00. The number of benzene rings is 1. The van der Waals surface area contributed by atoms with Gasteiger partial charge in [-0.2, -0.15) is 0 Å². The Bertz CT molecular complexity index is 1020. The first-order valence-electron chi connectivity index (χ1n) is 9.65. The fourth-order valence-electron chi connectivity index (χ4n) is 3.68. The van der Waals surface area contributed by atoms with Crippen molar-refractivity contribution in [3.05, 3.63) is 39.0 Å². The van der Waals surface area contributed by atoms with E-state index in [1.807, 2.05) is 32.0 Å². The highest BCUT2D eigenvalue weighted by Crippen LogP contribution is 2.35. The molecular weight excluding hydrogens is 360 g/mol. The molecule has 0 bridgehead atoms. The van der Waals surface area contributed by atoms with Crippen LogP contribution in [0.2, 0.25) is 0 Å². The Balaban J connectivity index is 1.80. The average molecular weight is 385 g/mol. The van der Waals surface area contributed by atoms with Crippen LogP contribution in [-0.4, -0.2) is 23.2 Å². The van der Waals surface area contributed by atoms with Gasteiger partial charge in [-0.05, 0) is 63.3 Å². The van der Waals surface area contributed by atoms with E-state index in [9.17, 15) is 4.79 Å². The summed E-state index contributed by atoms with van der Waals surface area (Å²) in [7, 11) is 0. The second-order valence-corrected chi connectivity index (χ2v) is 7.77. The molecule has 0 amide bonds. The molecule has 0 radical (unpaired) electrons. The summed E-state index contributed by atoms with van der Waals surface area (Å²) < 4.78 is 11.3. The maximum absolute atomic E-state index is 12.9. The monoisotopic (exact) mass is 384 g/mol. The van der Waals surface area contributed by atoms with E-state index < -0.39 is 0 Å². The van der Waals surface area contributed by atoms with E-state index in [0.717, 1.165) is 35.0 Å². The lowest BCUT2D eigenvalue weighted by molar-refractivity contribution is 0.288. The van der Waals surface area contributed by atoms with E-state index in [0.29, 0.717) is 30.5 Å². The SMILES string of the molecule is CCOc1ccc(-c2nc3sc4c(c3c(=O)[nH]2)CCCCC4)cc1OCC. The van der Waals surface area contributed by atoms with Gasteiger partial charge in [0.1, 0.15) is 10.7 Å². The van der Waals surface area contributed by atoms with Crippen LogP contribution in [0.3, 0.4) is 0 Å². The summed E-state index contributed by atoms with van der Waals surface area (Å²) in [4.78, 5) is 22.8. The fraction of sp³-hybridized carbons (Fsp3) is 0.429. The van der Waals surface area contributed by atoms with E-state index in [1.54, 1.807) is 11.3 Å². The maximum atomic E-state index is 12.9. The number of fused-ring (bicyclic) bond motifs is 3. The molecule has 27 heavy (non-hydrogen) atoms. The Labute approximate surface area is 162 Å². The molecular formula is C21H24N2O3S. The highest BCUT2D eigenvalue weighted by atomic mass is 32.1. The first-order chi connectivity index (χ1) is 13.2. The smallest absolute Gasteiger partial charge is 0.260 e. The van der Waals surface area contributed by atoms with Crippen molar-refractivity contribution in [3.63, 3.8) is 0 Å². The molecule has 5 nitrogen and oxygen atoms in total. The minimum absolute atomic E-state index is 0.0405. The quantitative estimate of drug-likeness (QED) is 0.647. The number of nitrogens with one attached hydrogen (secondary N) is 1. The van der Waals surface area contributed by atoms with Crippen molar-refractivity contribution in [1.82, 2.24) is 9.97 Å². The van der Waals surface area contributed by atoms with E-state index in [2.05, 4.69) is 4.98 Å². The van der Waals surface area contributed by atoms with Gasteiger partial charge in [-0.25, -0.2) is 4.98 Å². The molecule has 0 fully saturated rings. The van der Waals surface area contributed by atoms with Gasteiger partial charge in [0.2, 0.25) is 0 Å². The third-order valence-corrected chi connectivity index (χ3v) is 6.08. The fourth-order valence-corrected chi connectivity index (χ4v) is 4.94. The summed E-state index contributed by atoms with van der Waals surface area (Å²) in [5, 5.41) is 0.789. The number of thiophene rings is 1. The molecule has 0 aliphatic heterocycles. The number of H-pyrrole nitrogens is 1. The topological polar surface area (TPSA) is 64.2 Å². The van der Waals surface area contributed by atoms with Gasteiger partial charge in [0.05, 0.1) is 18.6 Å². The number of nitrogens with zero attached hydrogens (tertiary/aromatic N) is 1. The van der Waals surface area contributed by atoms with Crippen molar-refractivity contribution < 1.29 is 9.47 Å². The summed E-state index contributed by atoms with van der Waals surface area (Å²) in [6.45, 7) is 5.00. The molecule has 2 heterocycles. The van der Waals surface area contributed by atoms with Crippen LogP contribution in [0.15, 0.2) is 23.0 Å². The van der Waals surface area contributed by atoms with Gasteiger partial charge in [-0.1, -0.05) is 6.42 Å². The van der Waals surface area contributed by atoms with Gasteiger partial charge in [0.15, 0.2) is 11.5 Å². The molecule has 1 aromatic carbocycles. The summed E-state index contributed by atoms with van der Waals surface area (Å²) in [6.07, 6.45) is 5.62. The Morgan fingerprint density at radius 2 is 1.85 bits per heavy atom. The maximum Gasteiger partial charge on any atom is 0.260 e. The first kappa shape index (κ1) is 18.0. The molecule has 0 spiro atoms. The normalized spacial score (nSPS) is 14.0. The van der Waals surface area contributed by atoms with Crippen molar-refractivity contribution in [1.29, 1.82) is 0 Å². The molecule has 4 rings (SSSR count). The van der Waals surface area contributed by atoms with Crippen LogP contribution >= 0.6 is 11.3 Å². The minimum atomic E-state index is -0.0405. The predicted octanol–water partition coefficient (Wildman–Crippen LogP) is 4.72. The molecule has 3 aromatic rings. The van der Waals surface area contributed by atoms with Gasteiger partial charge in [0, 0.05) is 10.4 Å². The highest BCUT2D eigenvalue weighted by molar-refractivity contribution is 7.18. The zero-order valence-electron chi connectivity index (χ0n) is 15.8. The number of aromatic amines is 1. The van der Waals surface area contributed by atoms with Crippen LogP contribution in [0, 0.1) is 0 Å². The van der Waals surface area contributed by atoms with Crippen molar-refractivity contribution in [2.75, 3.05) is 13.2 Å². The predicted molar refractivity (Wildman–Crippen MR) is 109 cm³/mol. The largest absolute Gasteiger partial charge is 0.490 e. The first-order valence-corrected chi connectivity index (χ1v) is 10.5. The van der Waals surface area contributed by atoms with Gasteiger partial charge >= 0.3 is 0 Å². The molecule has 0 saturated heterocycles. The van der Waals surface area contributed by atoms with Gasteiger partial charge in [-0.3, -0.25) is 4.79 Å². The number of aromatic nitrogens is 2. The molecule has 1 aliphatic rings. The van der Waals surface area contributed by atoms with E-state index >= 15 is 0 Å². The average Bonchev–Trinajstić information content (AvgIpc) is 2.85. The molecule has 6 heteroatoms. The molecule has 0 saturated carbocycles. The molecule has 1 aliphatic carbocycles. The van der Waals surface area contributed by atoms with E-state index in [-0.39, 0.29) is 5.56 Å². The van der Waals surface area contributed by atoms with Crippen molar-refractivity contribution >= 4 is 21.6 Å². The van der Waals surface area contributed by atoms with Gasteiger partial charge in [0.25, 0.3) is 5.56 Å². The zero-order valence-corrected chi connectivity index (χ0v) is 16.6. The zero-order chi connectivity index (χ0) is 18.8. The van der Waals surface area contributed by atoms with Gasteiger partial charge < -0.3 is 14.5 Å². The lowest BCUT2D eigenvalue weighted by Crippen LogP contribution is -2.10. The number of hydrogen-bond acceptors (Lipinski definition) is 5. The second kappa shape index (κ2) is 7.72.